The Morgan fingerprint density at radius 3 is 2.45 bits per heavy atom. The van der Waals surface area contributed by atoms with Crippen LogP contribution in [0.2, 0.25) is 0 Å². The number of hydrogen-bond donors (Lipinski definition) is 2. The molecule has 4 heteroatoms. The molecular weight excluding hydrogens is 146 g/mol. The lowest BCUT2D eigenvalue weighted by molar-refractivity contribution is -0.166. The normalized spacial score (nSPS) is 16.2. The fourth-order valence-corrected chi connectivity index (χ4v) is 0.424. The first kappa shape index (κ1) is 10.4. The van der Waals surface area contributed by atoms with Crippen LogP contribution in [0.5, 0.6) is 0 Å². The van der Waals surface area contributed by atoms with Crippen molar-refractivity contribution in [1.29, 1.82) is 0 Å². The first-order valence-corrected chi connectivity index (χ1v) is 3.53. The Labute approximate surface area is 66.3 Å². The molecule has 0 fully saturated rings. The maximum Gasteiger partial charge on any atom is 0.339 e. The van der Waals surface area contributed by atoms with Crippen molar-refractivity contribution in [2.24, 2.45) is 5.73 Å². The van der Waals surface area contributed by atoms with Crippen LogP contribution in [0.1, 0.15) is 20.8 Å². The van der Waals surface area contributed by atoms with E-state index in [1.165, 1.54) is 6.92 Å². The highest BCUT2D eigenvalue weighted by atomic mass is 16.6. The Balaban J connectivity index is 4.02. The fraction of sp³-hybridized carbons (Fsp3) is 0.857. The van der Waals surface area contributed by atoms with Gasteiger partial charge in [0.1, 0.15) is 0 Å². The molecule has 0 aliphatic carbocycles. The van der Waals surface area contributed by atoms with Gasteiger partial charge in [-0.05, 0) is 20.8 Å². The smallest absolute Gasteiger partial charge is 0.339 e. The lowest BCUT2D eigenvalue weighted by atomic mass is 10.1. The van der Waals surface area contributed by atoms with Gasteiger partial charge in [-0.2, -0.15) is 0 Å². The van der Waals surface area contributed by atoms with Crippen molar-refractivity contribution in [2.75, 3.05) is 6.54 Å². The molecule has 3 N–H and O–H groups in total. The van der Waals surface area contributed by atoms with Crippen LogP contribution in [-0.2, 0) is 9.53 Å². The molecule has 1 atom stereocenters. The first-order chi connectivity index (χ1) is 4.90. The standard InChI is InChI=1S/C7H15NO3/c1-5(2)11-6(9)7(3,10)4-8/h5,10H,4,8H2,1-3H3. The molecule has 0 radical (unpaired) electrons. The predicted octanol–water partition coefficient (Wildman–Crippen LogP) is -0.352. The van der Waals surface area contributed by atoms with Crippen molar-refractivity contribution in [3.05, 3.63) is 0 Å². The summed E-state index contributed by atoms with van der Waals surface area (Å²) in [6.07, 6.45) is -0.222. The van der Waals surface area contributed by atoms with Gasteiger partial charge in [-0.3, -0.25) is 0 Å². The number of carbonyl (C=O) groups excluding carboxylic acids is 1. The minimum atomic E-state index is -1.55. The van der Waals surface area contributed by atoms with Crippen LogP contribution in [-0.4, -0.2) is 29.3 Å². The van der Waals surface area contributed by atoms with Gasteiger partial charge >= 0.3 is 5.97 Å². The molecule has 0 saturated carbocycles. The van der Waals surface area contributed by atoms with Gasteiger partial charge in [0.05, 0.1) is 6.10 Å². The van der Waals surface area contributed by atoms with E-state index in [9.17, 15) is 9.90 Å². The molecule has 0 bridgehead atoms. The summed E-state index contributed by atoms with van der Waals surface area (Å²) in [4.78, 5) is 11.0. The van der Waals surface area contributed by atoms with Gasteiger partial charge in [0.25, 0.3) is 0 Å². The van der Waals surface area contributed by atoms with Crippen LogP contribution in [0, 0.1) is 0 Å². The molecule has 0 amide bonds. The highest BCUT2D eigenvalue weighted by Crippen LogP contribution is 2.05. The van der Waals surface area contributed by atoms with E-state index in [2.05, 4.69) is 0 Å². The average molecular weight is 161 g/mol. The number of rotatable bonds is 3. The molecule has 4 nitrogen and oxygen atoms in total. The molecule has 0 aliphatic rings. The molecule has 0 saturated heterocycles. The maximum atomic E-state index is 11.0. The van der Waals surface area contributed by atoms with Crippen LogP contribution in [0.4, 0.5) is 0 Å². The lowest BCUT2D eigenvalue weighted by Gasteiger charge is -2.20. The number of esters is 1. The topological polar surface area (TPSA) is 72.5 Å². The summed E-state index contributed by atoms with van der Waals surface area (Å²) in [5.74, 6) is -0.671. The van der Waals surface area contributed by atoms with Gasteiger partial charge in [0.15, 0.2) is 5.60 Å². The number of aliphatic hydroxyl groups is 1. The molecule has 0 aromatic carbocycles. The van der Waals surface area contributed by atoms with Crippen LogP contribution >= 0.6 is 0 Å². The van der Waals surface area contributed by atoms with Crippen molar-refractivity contribution < 1.29 is 14.6 Å². The second-order valence-electron chi connectivity index (χ2n) is 2.93. The van der Waals surface area contributed by atoms with Crippen LogP contribution < -0.4 is 5.73 Å². The SMILES string of the molecule is CC(C)OC(=O)C(C)(O)CN. The summed E-state index contributed by atoms with van der Waals surface area (Å²) in [5, 5.41) is 9.24. The molecule has 0 rings (SSSR count). The summed E-state index contributed by atoms with van der Waals surface area (Å²) in [6.45, 7) is 4.63. The monoisotopic (exact) mass is 161 g/mol. The molecule has 1 unspecified atom stereocenters. The highest BCUT2D eigenvalue weighted by Gasteiger charge is 2.30. The number of hydrogen-bond acceptors (Lipinski definition) is 4. The molecule has 0 aromatic rings. The maximum absolute atomic E-state index is 11.0. The number of nitrogens with two attached hydrogens (primary N) is 1. The first-order valence-electron chi connectivity index (χ1n) is 3.53. The average Bonchev–Trinajstić information content (AvgIpc) is 1.86. The summed E-state index contributed by atoms with van der Waals surface area (Å²) < 4.78 is 4.74. The summed E-state index contributed by atoms with van der Waals surface area (Å²) >= 11 is 0. The predicted molar refractivity (Wildman–Crippen MR) is 40.9 cm³/mol. The van der Waals surface area contributed by atoms with E-state index in [0.29, 0.717) is 0 Å². The van der Waals surface area contributed by atoms with Crippen molar-refractivity contribution >= 4 is 5.97 Å². The quantitative estimate of drug-likeness (QED) is 0.555. The van der Waals surface area contributed by atoms with E-state index in [4.69, 9.17) is 10.5 Å². The zero-order valence-electron chi connectivity index (χ0n) is 7.13. The molecule has 0 aromatic heterocycles. The summed E-state index contributed by atoms with van der Waals surface area (Å²) in [7, 11) is 0. The molecular formula is C7H15NO3. The van der Waals surface area contributed by atoms with Gasteiger partial charge in [-0.25, -0.2) is 4.79 Å². The molecule has 11 heavy (non-hydrogen) atoms. The molecule has 66 valence electrons. The van der Waals surface area contributed by atoms with Gasteiger partial charge < -0.3 is 15.6 Å². The highest BCUT2D eigenvalue weighted by molar-refractivity contribution is 5.79. The summed E-state index contributed by atoms with van der Waals surface area (Å²) in [6, 6.07) is 0. The Morgan fingerprint density at radius 1 is 1.73 bits per heavy atom. The zero-order chi connectivity index (χ0) is 9.07. The zero-order valence-corrected chi connectivity index (χ0v) is 7.13. The van der Waals surface area contributed by atoms with Gasteiger partial charge in [0.2, 0.25) is 0 Å². The Morgan fingerprint density at radius 2 is 2.18 bits per heavy atom. The van der Waals surface area contributed by atoms with Crippen LogP contribution in [0.3, 0.4) is 0 Å². The fourth-order valence-electron chi connectivity index (χ4n) is 0.424. The Hall–Kier alpha value is -0.610. The third-order valence-corrected chi connectivity index (χ3v) is 1.18. The second kappa shape index (κ2) is 3.69. The molecule has 0 aliphatic heterocycles. The number of ether oxygens (including phenoxy) is 1. The Kier molecular flexibility index (Phi) is 3.48. The molecule has 0 spiro atoms. The third kappa shape index (κ3) is 3.34. The van der Waals surface area contributed by atoms with Crippen molar-refractivity contribution in [2.45, 2.75) is 32.5 Å². The Bertz CT molecular complexity index is 143. The third-order valence-electron chi connectivity index (χ3n) is 1.18. The number of carbonyl (C=O) groups is 1. The van der Waals surface area contributed by atoms with Gasteiger partial charge in [0, 0.05) is 6.54 Å². The van der Waals surface area contributed by atoms with Gasteiger partial charge in [-0.15, -0.1) is 0 Å². The minimum absolute atomic E-state index is 0.126. The van der Waals surface area contributed by atoms with E-state index < -0.39 is 11.6 Å². The van der Waals surface area contributed by atoms with Crippen molar-refractivity contribution in [1.82, 2.24) is 0 Å². The van der Waals surface area contributed by atoms with Crippen molar-refractivity contribution in [3.8, 4) is 0 Å². The molecule has 0 heterocycles. The van der Waals surface area contributed by atoms with E-state index >= 15 is 0 Å². The van der Waals surface area contributed by atoms with E-state index in [1.54, 1.807) is 13.8 Å². The largest absolute Gasteiger partial charge is 0.461 e. The van der Waals surface area contributed by atoms with E-state index in [-0.39, 0.29) is 12.6 Å². The van der Waals surface area contributed by atoms with Crippen molar-refractivity contribution in [3.63, 3.8) is 0 Å². The summed E-state index contributed by atoms with van der Waals surface area (Å²) in [5.41, 5.74) is 3.58. The lowest BCUT2D eigenvalue weighted by Crippen LogP contribution is -2.44. The van der Waals surface area contributed by atoms with E-state index in [1.807, 2.05) is 0 Å². The van der Waals surface area contributed by atoms with Crippen LogP contribution in [0.25, 0.3) is 0 Å². The minimum Gasteiger partial charge on any atom is -0.461 e. The van der Waals surface area contributed by atoms with Crippen LogP contribution in [0.15, 0.2) is 0 Å². The van der Waals surface area contributed by atoms with Gasteiger partial charge in [-0.1, -0.05) is 0 Å². The van der Waals surface area contributed by atoms with E-state index in [0.717, 1.165) is 0 Å². The second-order valence-corrected chi connectivity index (χ2v) is 2.93.